The molecule has 0 aliphatic rings. The Hall–Kier alpha value is -2.60. The molecule has 2 heterocycles. The van der Waals surface area contributed by atoms with Crippen LogP contribution in [-0.4, -0.2) is 24.2 Å². The van der Waals surface area contributed by atoms with E-state index in [2.05, 4.69) is 15.3 Å². The predicted octanol–water partition coefficient (Wildman–Crippen LogP) is 3.97. The molecular formula is C16H15N3O2S. The Kier molecular flexibility index (Phi) is 4.20. The molecule has 0 unspecified atom stereocenters. The van der Waals surface area contributed by atoms with Crippen LogP contribution in [0.1, 0.15) is 0 Å². The van der Waals surface area contributed by atoms with Crippen molar-refractivity contribution in [2.75, 3.05) is 19.5 Å². The summed E-state index contributed by atoms with van der Waals surface area (Å²) in [5.74, 6) is 1.37. The summed E-state index contributed by atoms with van der Waals surface area (Å²) in [7, 11) is 3.25. The SMILES string of the molecule is COc1ccc(-c2csc(Nc3ccccc3OC)n2)cn1. The summed E-state index contributed by atoms with van der Waals surface area (Å²) < 4.78 is 10.4. The fourth-order valence-electron chi connectivity index (χ4n) is 1.98. The number of nitrogens with zero attached hydrogens (tertiary/aromatic N) is 2. The molecule has 1 N–H and O–H groups in total. The molecule has 3 aromatic rings. The van der Waals surface area contributed by atoms with Crippen molar-refractivity contribution in [3.05, 3.63) is 48.0 Å². The molecule has 0 spiro atoms. The van der Waals surface area contributed by atoms with Crippen molar-refractivity contribution in [1.82, 2.24) is 9.97 Å². The van der Waals surface area contributed by atoms with E-state index in [-0.39, 0.29) is 0 Å². The molecule has 0 aliphatic carbocycles. The smallest absolute Gasteiger partial charge is 0.212 e. The lowest BCUT2D eigenvalue weighted by Gasteiger charge is -2.08. The molecule has 1 aromatic carbocycles. The Morgan fingerprint density at radius 3 is 2.64 bits per heavy atom. The Balaban J connectivity index is 1.81. The highest BCUT2D eigenvalue weighted by molar-refractivity contribution is 7.14. The van der Waals surface area contributed by atoms with Crippen LogP contribution in [0.25, 0.3) is 11.3 Å². The number of rotatable bonds is 5. The molecule has 112 valence electrons. The van der Waals surface area contributed by atoms with Gasteiger partial charge in [0.25, 0.3) is 0 Å². The van der Waals surface area contributed by atoms with Crippen molar-refractivity contribution in [3.63, 3.8) is 0 Å². The maximum Gasteiger partial charge on any atom is 0.212 e. The number of methoxy groups -OCH3 is 2. The lowest BCUT2D eigenvalue weighted by atomic mass is 10.2. The molecule has 6 heteroatoms. The predicted molar refractivity (Wildman–Crippen MR) is 88.2 cm³/mol. The average molecular weight is 313 g/mol. The zero-order valence-electron chi connectivity index (χ0n) is 12.2. The Morgan fingerprint density at radius 1 is 1.05 bits per heavy atom. The van der Waals surface area contributed by atoms with Gasteiger partial charge in [-0.25, -0.2) is 9.97 Å². The number of ether oxygens (including phenoxy) is 2. The van der Waals surface area contributed by atoms with Crippen LogP contribution < -0.4 is 14.8 Å². The summed E-state index contributed by atoms with van der Waals surface area (Å²) in [5.41, 5.74) is 2.71. The first-order chi connectivity index (χ1) is 10.8. The molecule has 0 saturated heterocycles. The van der Waals surface area contributed by atoms with Crippen LogP contribution in [0.4, 0.5) is 10.8 Å². The molecule has 3 rings (SSSR count). The molecule has 0 radical (unpaired) electrons. The summed E-state index contributed by atoms with van der Waals surface area (Å²) in [5, 5.41) is 6.06. The Bertz CT molecular complexity index is 756. The molecule has 0 aliphatic heterocycles. The number of nitrogens with one attached hydrogen (secondary N) is 1. The van der Waals surface area contributed by atoms with Gasteiger partial charge in [-0.1, -0.05) is 12.1 Å². The number of hydrogen-bond acceptors (Lipinski definition) is 6. The van der Waals surface area contributed by atoms with Crippen molar-refractivity contribution < 1.29 is 9.47 Å². The number of thiazole rings is 1. The number of pyridine rings is 1. The van der Waals surface area contributed by atoms with E-state index in [1.165, 1.54) is 11.3 Å². The lowest BCUT2D eigenvalue weighted by Crippen LogP contribution is -1.93. The number of aromatic nitrogens is 2. The second kappa shape index (κ2) is 6.44. The van der Waals surface area contributed by atoms with Crippen molar-refractivity contribution in [3.8, 4) is 22.9 Å². The van der Waals surface area contributed by atoms with Gasteiger partial charge in [0.1, 0.15) is 5.75 Å². The fourth-order valence-corrected chi connectivity index (χ4v) is 2.71. The lowest BCUT2D eigenvalue weighted by molar-refractivity contribution is 0.398. The van der Waals surface area contributed by atoms with Crippen LogP contribution in [0.3, 0.4) is 0 Å². The average Bonchev–Trinajstić information content (AvgIpc) is 3.04. The molecule has 0 saturated carbocycles. The van der Waals surface area contributed by atoms with Gasteiger partial charge in [-0.15, -0.1) is 11.3 Å². The first-order valence-electron chi connectivity index (χ1n) is 6.66. The molecule has 0 bridgehead atoms. The standard InChI is InChI=1S/C16H15N3O2S/c1-20-14-6-4-3-5-12(14)18-16-19-13(10-22-16)11-7-8-15(21-2)17-9-11/h3-10H,1-2H3,(H,18,19). The van der Waals surface area contributed by atoms with E-state index >= 15 is 0 Å². The zero-order valence-corrected chi connectivity index (χ0v) is 13.1. The van der Waals surface area contributed by atoms with Crippen LogP contribution >= 0.6 is 11.3 Å². The molecule has 0 fully saturated rings. The maximum atomic E-state index is 5.32. The monoisotopic (exact) mass is 313 g/mol. The molecular weight excluding hydrogens is 298 g/mol. The van der Waals surface area contributed by atoms with Gasteiger partial charge >= 0.3 is 0 Å². The third kappa shape index (κ3) is 3.01. The quantitative estimate of drug-likeness (QED) is 0.772. The fraction of sp³-hybridized carbons (Fsp3) is 0.125. The van der Waals surface area contributed by atoms with Crippen molar-refractivity contribution >= 4 is 22.2 Å². The first kappa shape index (κ1) is 14.3. The Morgan fingerprint density at radius 2 is 1.91 bits per heavy atom. The third-order valence-corrected chi connectivity index (χ3v) is 3.85. The van der Waals surface area contributed by atoms with E-state index in [0.717, 1.165) is 27.8 Å². The van der Waals surface area contributed by atoms with Crippen LogP contribution in [0, 0.1) is 0 Å². The summed E-state index contributed by atoms with van der Waals surface area (Å²) >= 11 is 1.53. The number of anilines is 2. The highest BCUT2D eigenvalue weighted by atomic mass is 32.1. The van der Waals surface area contributed by atoms with Gasteiger partial charge in [0.15, 0.2) is 5.13 Å². The number of para-hydroxylation sites is 2. The normalized spacial score (nSPS) is 10.3. The summed E-state index contributed by atoms with van der Waals surface area (Å²) in [6.07, 6.45) is 1.75. The Labute approximate surface area is 132 Å². The van der Waals surface area contributed by atoms with Crippen LogP contribution in [0.5, 0.6) is 11.6 Å². The van der Waals surface area contributed by atoms with Crippen molar-refractivity contribution in [2.45, 2.75) is 0 Å². The van der Waals surface area contributed by atoms with E-state index in [4.69, 9.17) is 9.47 Å². The van der Waals surface area contributed by atoms with E-state index in [0.29, 0.717) is 5.88 Å². The van der Waals surface area contributed by atoms with Gasteiger partial charge < -0.3 is 14.8 Å². The first-order valence-corrected chi connectivity index (χ1v) is 7.54. The number of hydrogen-bond donors (Lipinski definition) is 1. The summed E-state index contributed by atoms with van der Waals surface area (Å²) in [4.78, 5) is 8.77. The summed E-state index contributed by atoms with van der Waals surface area (Å²) in [6.45, 7) is 0. The zero-order chi connectivity index (χ0) is 15.4. The number of benzene rings is 1. The second-order valence-corrected chi connectivity index (χ2v) is 5.31. The third-order valence-electron chi connectivity index (χ3n) is 3.09. The largest absolute Gasteiger partial charge is 0.495 e. The van der Waals surface area contributed by atoms with Crippen LogP contribution in [-0.2, 0) is 0 Å². The van der Waals surface area contributed by atoms with E-state index < -0.39 is 0 Å². The molecule has 5 nitrogen and oxygen atoms in total. The molecule has 0 amide bonds. The van der Waals surface area contributed by atoms with E-state index in [9.17, 15) is 0 Å². The maximum absolute atomic E-state index is 5.32. The summed E-state index contributed by atoms with van der Waals surface area (Å²) in [6, 6.07) is 11.5. The van der Waals surface area contributed by atoms with Crippen molar-refractivity contribution in [2.24, 2.45) is 0 Å². The molecule has 2 aromatic heterocycles. The molecule has 0 atom stereocenters. The highest BCUT2D eigenvalue weighted by Gasteiger charge is 2.08. The molecule has 22 heavy (non-hydrogen) atoms. The van der Waals surface area contributed by atoms with Gasteiger partial charge in [-0.2, -0.15) is 0 Å². The topological polar surface area (TPSA) is 56.3 Å². The van der Waals surface area contributed by atoms with Gasteiger partial charge in [0.2, 0.25) is 5.88 Å². The van der Waals surface area contributed by atoms with Gasteiger partial charge in [-0.05, 0) is 18.2 Å². The van der Waals surface area contributed by atoms with Gasteiger partial charge in [0, 0.05) is 23.2 Å². The van der Waals surface area contributed by atoms with E-state index in [1.54, 1.807) is 20.4 Å². The van der Waals surface area contributed by atoms with Gasteiger partial charge in [0.05, 0.1) is 25.6 Å². The van der Waals surface area contributed by atoms with Crippen LogP contribution in [0.15, 0.2) is 48.0 Å². The van der Waals surface area contributed by atoms with Gasteiger partial charge in [-0.3, -0.25) is 0 Å². The van der Waals surface area contributed by atoms with Crippen LogP contribution in [0.2, 0.25) is 0 Å². The highest BCUT2D eigenvalue weighted by Crippen LogP contribution is 2.31. The van der Waals surface area contributed by atoms with E-state index in [1.807, 2.05) is 41.8 Å². The minimum absolute atomic E-state index is 0.589. The minimum atomic E-state index is 0.589. The van der Waals surface area contributed by atoms with Crippen molar-refractivity contribution in [1.29, 1.82) is 0 Å². The minimum Gasteiger partial charge on any atom is -0.495 e. The second-order valence-electron chi connectivity index (χ2n) is 4.45.